The zero-order valence-corrected chi connectivity index (χ0v) is 10.1. The molecule has 0 radical (unpaired) electrons. The first kappa shape index (κ1) is 10.9. The molecule has 1 atom stereocenters. The summed E-state index contributed by atoms with van der Waals surface area (Å²) in [5.74, 6) is 1.28. The summed E-state index contributed by atoms with van der Waals surface area (Å²) >= 11 is 11.4. The van der Waals surface area contributed by atoms with Crippen LogP contribution in [0.15, 0.2) is 0 Å². The molecule has 1 aliphatic rings. The Hall–Kier alpha value is -0.610. The van der Waals surface area contributed by atoms with Crippen molar-refractivity contribution in [3.8, 4) is 0 Å². The van der Waals surface area contributed by atoms with Gasteiger partial charge < -0.3 is 4.90 Å². The summed E-state index contributed by atoms with van der Waals surface area (Å²) in [6.45, 7) is 2.16. The van der Waals surface area contributed by atoms with Gasteiger partial charge in [0.05, 0.1) is 0 Å². The lowest BCUT2D eigenvalue weighted by Gasteiger charge is -2.24. The van der Waals surface area contributed by atoms with Crippen molar-refractivity contribution >= 4 is 29.2 Å². The zero-order valence-electron chi connectivity index (χ0n) is 8.61. The predicted octanol–water partition coefficient (Wildman–Crippen LogP) is 2.41. The number of halogens is 2. The van der Waals surface area contributed by atoms with Gasteiger partial charge in [0.15, 0.2) is 0 Å². The second-order valence-corrected chi connectivity index (χ2v) is 4.54. The molecule has 4 nitrogen and oxygen atoms in total. The standard InChI is InChI=1S/C9H12Cl2N4/c1-5(6-3-4-6)15(2)9-13-7(10)12-8(11)14-9/h5-6H,3-4H2,1-2H3. The molecule has 1 fully saturated rings. The fraction of sp³-hybridized carbons (Fsp3) is 0.667. The molecular weight excluding hydrogens is 235 g/mol. The minimum Gasteiger partial charge on any atom is -0.341 e. The lowest BCUT2D eigenvalue weighted by Crippen LogP contribution is -2.32. The summed E-state index contributed by atoms with van der Waals surface area (Å²) < 4.78 is 0. The first-order valence-electron chi connectivity index (χ1n) is 4.88. The molecule has 1 saturated carbocycles. The van der Waals surface area contributed by atoms with Crippen LogP contribution in [0.5, 0.6) is 0 Å². The molecule has 0 aliphatic heterocycles. The van der Waals surface area contributed by atoms with Crippen molar-refractivity contribution in [3.05, 3.63) is 10.6 Å². The van der Waals surface area contributed by atoms with Crippen LogP contribution in [0.2, 0.25) is 10.6 Å². The van der Waals surface area contributed by atoms with Crippen LogP contribution in [0.4, 0.5) is 5.95 Å². The highest BCUT2D eigenvalue weighted by atomic mass is 35.5. The van der Waals surface area contributed by atoms with Crippen LogP contribution in [-0.4, -0.2) is 28.0 Å². The number of aromatic nitrogens is 3. The van der Waals surface area contributed by atoms with Gasteiger partial charge in [-0.3, -0.25) is 0 Å². The molecule has 0 N–H and O–H groups in total. The summed E-state index contributed by atoms with van der Waals surface area (Å²) in [6, 6.07) is 0.416. The zero-order chi connectivity index (χ0) is 11.0. The third-order valence-electron chi connectivity index (χ3n) is 2.80. The van der Waals surface area contributed by atoms with Crippen LogP contribution < -0.4 is 4.90 Å². The van der Waals surface area contributed by atoms with Crippen molar-refractivity contribution in [3.63, 3.8) is 0 Å². The van der Waals surface area contributed by atoms with Crippen LogP contribution in [0.3, 0.4) is 0 Å². The van der Waals surface area contributed by atoms with E-state index in [1.807, 2.05) is 11.9 Å². The average Bonchev–Trinajstić information content (AvgIpc) is 2.97. The number of hydrogen-bond acceptors (Lipinski definition) is 4. The summed E-state index contributed by atoms with van der Waals surface area (Å²) in [6.07, 6.45) is 2.55. The first-order valence-corrected chi connectivity index (χ1v) is 5.63. The Morgan fingerprint density at radius 2 is 1.73 bits per heavy atom. The molecule has 1 unspecified atom stereocenters. The van der Waals surface area contributed by atoms with Crippen LogP contribution in [-0.2, 0) is 0 Å². The smallest absolute Gasteiger partial charge is 0.230 e. The van der Waals surface area contributed by atoms with Gasteiger partial charge in [0.1, 0.15) is 0 Å². The average molecular weight is 247 g/mol. The van der Waals surface area contributed by atoms with Gasteiger partial charge in [0.2, 0.25) is 16.5 Å². The molecule has 0 bridgehead atoms. The van der Waals surface area contributed by atoms with Crippen molar-refractivity contribution in [2.45, 2.75) is 25.8 Å². The Kier molecular flexibility index (Phi) is 2.98. The first-order chi connectivity index (χ1) is 7.08. The van der Waals surface area contributed by atoms with Crippen LogP contribution in [0, 0.1) is 5.92 Å². The second-order valence-electron chi connectivity index (χ2n) is 3.86. The third-order valence-corrected chi connectivity index (χ3v) is 3.14. The van der Waals surface area contributed by atoms with Crippen molar-refractivity contribution in [1.82, 2.24) is 15.0 Å². The minimum absolute atomic E-state index is 0.139. The Bertz CT molecular complexity index is 347. The third kappa shape index (κ3) is 2.49. The van der Waals surface area contributed by atoms with Gasteiger partial charge >= 0.3 is 0 Å². The molecule has 1 heterocycles. The molecule has 0 saturated heterocycles. The quantitative estimate of drug-likeness (QED) is 0.822. The Morgan fingerprint density at radius 1 is 1.20 bits per heavy atom. The predicted molar refractivity (Wildman–Crippen MR) is 60.4 cm³/mol. The number of anilines is 1. The van der Waals surface area contributed by atoms with E-state index in [0.717, 1.165) is 5.92 Å². The highest BCUT2D eigenvalue weighted by molar-refractivity contribution is 6.31. The molecule has 1 aliphatic carbocycles. The van der Waals surface area contributed by atoms with Crippen LogP contribution >= 0.6 is 23.2 Å². The minimum atomic E-state index is 0.139. The molecule has 2 rings (SSSR count). The van der Waals surface area contributed by atoms with Gasteiger partial charge in [-0.05, 0) is 48.9 Å². The second kappa shape index (κ2) is 4.10. The monoisotopic (exact) mass is 246 g/mol. The molecule has 0 aromatic carbocycles. The molecular formula is C9H12Cl2N4. The maximum Gasteiger partial charge on any atom is 0.230 e. The molecule has 6 heteroatoms. The molecule has 0 spiro atoms. The summed E-state index contributed by atoms with van der Waals surface area (Å²) in [5.41, 5.74) is 0. The summed E-state index contributed by atoms with van der Waals surface area (Å²) in [4.78, 5) is 13.8. The van der Waals surface area contributed by atoms with Gasteiger partial charge in [-0.2, -0.15) is 15.0 Å². The van der Waals surface area contributed by atoms with E-state index >= 15 is 0 Å². The molecule has 0 amide bonds. The molecule has 1 aromatic heterocycles. The number of nitrogens with zero attached hydrogens (tertiary/aromatic N) is 4. The Balaban J connectivity index is 2.19. The lowest BCUT2D eigenvalue weighted by molar-refractivity contribution is 0.596. The number of hydrogen-bond donors (Lipinski definition) is 0. The van der Waals surface area contributed by atoms with Crippen molar-refractivity contribution in [2.24, 2.45) is 5.92 Å². The van der Waals surface area contributed by atoms with Gasteiger partial charge in [-0.1, -0.05) is 0 Å². The van der Waals surface area contributed by atoms with Crippen molar-refractivity contribution in [2.75, 3.05) is 11.9 Å². The summed E-state index contributed by atoms with van der Waals surface area (Å²) in [7, 11) is 1.95. The number of rotatable bonds is 3. The van der Waals surface area contributed by atoms with Gasteiger partial charge in [-0.25, -0.2) is 0 Å². The van der Waals surface area contributed by atoms with Gasteiger partial charge in [0.25, 0.3) is 0 Å². The van der Waals surface area contributed by atoms with E-state index < -0.39 is 0 Å². The largest absolute Gasteiger partial charge is 0.341 e. The van der Waals surface area contributed by atoms with Crippen molar-refractivity contribution in [1.29, 1.82) is 0 Å². The van der Waals surface area contributed by atoms with Crippen molar-refractivity contribution < 1.29 is 0 Å². The van der Waals surface area contributed by atoms with Crippen LogP contribution in [0.25, 0.3) is 0 Å². The van der Waals surface area contributed by atoms with E-state index in [9.17, 15) is 0 Å². The molecule has 15 heavy (non-hydrogen) atoms. The van der Waals surface area contributed by atoms with E-state index in [0.29, 0.717) is 12.0 Å². The van der Waals surface area contributed by atoms with E-state index in [1.165, 1.54) is 12.8 Å². The van der Waals surface area contributed by atoms with E-state index in [1.54, 1.807) is 0 Å². The Labute approximate surface area is 98.6 Å². The summed E-state index contributed by atoms with van der Waals surface area (Å²) in [5, 5.41) is 0.277. The fourth-order valence-corrected chi connectivity index (χ4v) is 1.91. The maximum atomic E-state index is 5.72. The topological polar surface area (TPSA) is 41.9 Å². The van der Waals surface area contributed by atoms with E-state index in [-0.39, 0.29) is 10.6 Å². The Morgan fingerprint density at radius 3 is 2.20 bits per heavy atom. The van der Waals surface area contributed by atoms with E-state index in [2.05, 4.69) is 21.9 Å². The highest BCUT2D eigenvalue weighted by Gasteiger charge is 2.31. The normalized spacial score (nSPS) is 17.6. The lowest BCUT2D eigenvalue weighted by atomic mass is 10.2. The maximum absolute atomic E-state index is 5.72. The van der Waals surface area contributed by atoms with E-state index in [4.69, 9.17) is 23.2 Å². The SMILES string of the molecule is CC(C1CC1)N(C)c1nc(Cl)nc(Cl)n1. The van der Waals surface area contributed by atoms with Gasteiger partial charge in [-0.15, -0.1) is 0 Å². The fourth-order valence-electron chi connectivity index (χ4n) is 1.55. The molecule has 82 valence electrons. The molecule has 1 aromatic rings. The highest BCUT2D eigenvalue weighted by Crippen LogP contribution is 2.35. The van der Waals surface area contributed by atoms with Crippen LogP contribution in [0.1, 0.15) is 19.8 Å². The van der Waals surface area contributed by atoms with Gasteiger partial charge in [0, 0.05) is 13.1 Å².